The van der Waals surface area contributed by atoms with Gasteiger partial charge in [-0.2, -0.15) is 11.8 Å². The molecular formula is C12H14O3S. The summed E-state index contributed by atoms with van der Waals surface area (Å²) in [5, 5.41) is -0.0126. The molecule has 0 fully saturated rings. The Bertz CT molecular complexity index is 386. The summed E-state index contributed by atoms with van der Waals surface area (Å²) in [7, 11) is 1.38. The number of rotatable bonds is 2. The summed E-state index contributed by atoms with van der Waals surface area (Å²) in [6, 6.07) is 0. The Morgan fingerprint density at radius 1 is 1.62 bits per heavy atom. The lowest BCUT2D eigenvalue weighted by Crippen LogP contribution is -2.46. The Labute approximate surface area is 98.9 Å². The number of fused-ring (bicyclic) bond motifs is 1. The minimum absolute atomic E-state index is 0.0126. The highest BCUT2D eigenvalue weighted by molar-refractivity contribution is 7.99. The van der Waals surface area contributed by atoms with Crippen LogP contribution >= 0.6 is 11.8 Å². The Balaban J connectivity index is 2.48. The maximum atomic E-state index is 12.0. The number of carbonyl (C=O) groups excluding carboxylic acids is 2. The lowest BCUT2D eigenvalue weighted by Gasteiger charge is -2.38. The van der Waals surface area contributed by atoms with E-state index in [1.807, 2.05) is 18.4 Å². The van der Waals surface area contributed by atoms with E-state index in [2.05, 4.69) is 0 Å². The highest BCUT2D eigenvalue weighted by atomic mass is 32.2. The van der Waals surface area contributed by atoms with Crippen LogP contribution in [0.1, 0.15) is 6.42 Å². The summed E-state index contributed by atoms with van der Waals surface area (Å²) < 4.78 is 4.89. The van der Waals surface area contributed by atoms with Crippen LogP contribution in [-0.2, 0) is 14.3 Å². The topological polar surface area (TPSA) is 43.4 Å². The highest BCUT2D eigenvalue weighted by Gasteiger charge is 2.55. The van der Waals surface area contributed by atoms with Gasteiger partial charge in [-0.25, -0.2) is 0 Å². The van der Waals surface area contributed by atoms with Gasteiger partial charge in [0, 0.05) is 11.2 Å². The van der Waals surface area contributed by atoms with Gasteiger partial charge in [0.2, 0.25) is 0 Å². The molecule has 2 rings (SSSR count). The van der Waals surface area contributed by atoms with E-state index in [4.69, 9.17) is 4.74 Å². The van der Waals surface area contributed by atoms with Crippen molar-refractivity contribution in [1.82, 2.24) is 0 Å². The van der Waals surface area contributed by atoms with Gasteiger partial charge in [0.1, 0.15) is 5.41 Å². The van der Waals surface area contributed by atoms with E-state index in [-0.39, 0.29) is 22.9 Å². The summed E-state index contributed by atoms with van der Waals surface area (Å²) in [6.45, 7) is 0. The molecule has 3 nitrogen and oxygen atoms in total. The van der Waals surface area contributed by atoms with Crippen molar-refractivity contribution in [3.63, 3.8) is 0 Å². The summed E-state index contributed by atoms with van der Waals surface area (Å²) in [6.07, 6.45) is 9.81. The summed E-state index contributed by atoms with van der Waals surface area (Å²) in [5.74, 6) is -0.542. The van der Waals surface area contributed by atoms with Crippen LogP contribution in [0.2, 0.25) is 0 Å². The predicted octanol–water partition coefficient (Wildman–Crippen LogP) is 1.59. The number of esters is 1. The third kappa shape index (κ3) is 1.36. The second-order valence-electron chi connectivity index (χ2n) is 4.03. The smallest absolute Gasteiger partial charge is 0.317 e. The van der Waals surface area contributed by atoms with Crippen molar-refractivity contribution in [2.45, 2.75) is 11.7 Å². The van der Waals surface area contributed by atoms with E-state index in [1.165, 1.54) is 13.2 Å². The molecule has 0 radical (unpaired) electrons. The van der Waals surface area contributed by atoms with Gasteiger partial charge in [0.25, 0.3) is 0 Å². The van der Waals surface area contributed by atoms with Crippen LogP contribution in [0.5, 0.6) is 0 Å². The first-order valence-electron chi connectivity index (χ1n) is 5.17. The number of ether oxygens (including phenoxy) is 1. The molecule has 0 aromatic heterocycles. The Morgan fingerprint density at radius 3 is 3.00 bits per heavy atom. The zero-order valence-electron chi connectivity index (χ0n) is 9.30. The number of carbonyl (C=O) groups is 2. The largest absolute Gasteiger partial charge is 0.468 e. The highest BCUT2D eigenvalue weighted by Crippen LogP contribution is 2.49. The van der Waals surface area contributed by atoms with E-state index in [0.717, 1.165) is 0 Å². The summed E-state index contributed by atoms with van der Waals surface area (Å²) in [4.78, 5) is 23.8. The normalized spacial score (nSPS) is 36.2. The van der Waals surface area contributed by atoms with Crippen molar-refractivity contribution < 1.29 is 14.3 Å². The van der Waals surface area contributed by atoms with Crippen LogP contribution in [0, 0.1) is 11.3 Å². The number of hydrogen-bond acceptors (Lipinski definition) is 4. The first kappa shape index (κ1) is 11.5. The predicted molar refractivity (Wildman–Crippen MR) is 63.1 cm³/mol. The lowest BCUT2D eigenvalue weighted by molar-refractivity contribution is -0.153. The van der Waals surface area contributed by atoms with Crippen LogP contribution in [0.15, 0.2) is 24.3 Å². The van der Waals surface area contributed by atoms with E-state index in [9.17, 15) is 9.59 Å². The first-order chi connectivity index (χ1) is 7.66. The second kappa shape index (κ2) is 4.09. The van der Waals surface area contributed by atoms with Gasteiger partial charge < -0.3 is 4.74 Å². The Hall–Kier alpha value is -1.03. The molecule has 16 heavy (non-hydrogen) atoms. The number of methoxy groups -OCH3 is 1. The first-order valence-corrected chi connectivity index (χ1v) is 6.46. The molecule has 4 heteroatoms. The van der Waals surface area contributed by atoms with Gasteiger partial charge in [0.05, 0.1) is 7.11 Å². The third-order valence-electron chi connectivity index (χ3n) is 3.39. The fourth-order valence-electron chi connectivity index (χ4n) is 2.57. The van der Waals surface area contributed by atoms with E-state index >= 15 is 0 Å². The monoisotopic (exact) mass is 238 g/mol. The van der Waals surface area contributed by atoms with Crippen LogP contribution in [0.4, 0.5) is 0 Å². The van der Waals surface area contributed by atoms with Gasteiger partial charge in [-0.1, -0.05) is 18.2 Å². The quantitative estimate of drug-likeness (QED) is 0.541. The van der Waals surface area contributed by atoms with Crippen LogP contribution in [0.3, 0.4) is 0 Å². The van der Waals surface area contributed by atoms with Gasteiger partial charge >= 0.3 is 5.97 Å². The molecule has 0 aromatic rings. The molecule has 0 heterocycles. The zero-order valence-corrected chi connectivity index (χ0v) is 10.1. The molecule has 2 aliphatic rings. The molecule has 0 N–H and O–H groups in total. The molecule has 86 valence electrons. The molecule has 0 unspecified atom stereocenters. The van der Waals surface area contributed by atoms with Crippen molar-refractivity contribution in [2.75, 3.05) is 13.4 Å². The van der Waals surface area contributed by atoms with Crippen LogP contribution in [-0.4, -0.2) is 30.4 Å². The van der Waals surface area contributed by atoms with Gasteiger partial charge in [-0.05, 0) is 18.8 Å². The number of hydrogen-bond donors (Lipinski definition) is 0. The van der Waals surface area contributed by atoms with E-state index < -0.39 is 5.41 Å². The summed E-state index contributed by atoms with van der Waals surface area (Å²) in [5.41, 5.74) is -0.778. The molecule has 0 aromatic carbocycles. The number of ketones is 1. The minimum atomic E-state index is -0.778. The molecule has 0 bridgehead atoms. The standard InChI is InChI=1S/C12H14O3S/c1-15-11(14)12-7-6-9(13)8(12)4-3-5-10(12)16-2/h3,5-8,10H,4H2,1-2H3/t8-,10-,12-/m1/s1. The Morgan fingerprint density at radius 2 is 2.38 bits per heavy atom. The van der Waals surface area contributed by atoms with Gasteiger partial charge in [-0.15, -0.1) is 0 Å². The minimum Gasteiger partial charge on any atom is -0.468 e. The van der Waals surface area contributed by atoms with E-state index in [1.54, 1.807) is 17.8 Å². The average molecular weight is 238 g/mol. The molecule has 0 aliphatic heterocycles. The lowest BCUT2D eigenvalue weighted by atomic mass is 9.70. The third-order valence-corrected chi connectivity index (χ3v) is 4.44. The van der Waals surface area contributed by atoms with Crippen LogP contribution < -0.4 is 0 Å². The zero-order chi connectivity index (χ0) is 11.8. The summed E-state index contributed by atoms with van der Waals surface area (Å²) >= 11 is 1.58. The van der Waals surface area contributed by atoms with Gasteiger partial charge in [-0.3, -0.25) is 9.59 Å². The fraction of sp³-hybridized carbons (Fsp3) is 0.500. The van der Waals surface area contributed by atoms with Gasteiger partial charge in [0.15, 0.2) is 5.78 Å². The van der Waals surface area contributed by atoms with E-state index in [0.29, 0.717) is 6.42 Å². The number of allylic oxidation sites excluding steroid dienone is 2. The maximum absolute atomic E-state index is 12.0. The maximum Gasteiger partial charge on any atom is 0.317 e. The molecule has 0 saturated heterocycles. The van der Waals surface area contributed by atoms with Crippen molar-refractivity contribution in [3.8, 4) is 0 Å². The van der Waals surface area contributed by atoms with Crippen LogP contribution in [0.25, 0.3) is 0 Å². The van der Waals surface area contributed by atoms with Crippen molar-refractivity contribution in [3.05, 3.63) is 24.3 Å². The molecule has 2 aliphatic carbocycles. The average Bonchev–Trinajstić information content (AvgIpc) is 2.67. The second-order valence-corrected chi connectivity index (χ2v) is 5.01. The molecule has 3 atom stereocenters. The number of thioether (sulfide) groups is 1. The molecule has 0 spiro atoms. The van der Waals surface area contributed by atoms with Crippen molar-refractivity contribution in [2.24, 2.45) is 11.3 Å². The van der Waals surface area contributed by atoms with Crippen molar-refractivity contribution in [1.29, 1.82) is 0 Å². The Kier molecular flexibility index (Phi) is 2.93. The molecule has 0 amide bonds. The fourth-order valence-corrected chi connectivity index (χ4v) is 3.56. The molecular weight excluding hydrogens is 224 g/mol. The molecule has 0 saturated carbocycles. The van der Waals surface area contributed by atoms with Crippen molar-refractivity contribution >= 4 is 23.5 Å². The SMILES string of the molecule is COC(=O)[C@]12C=CC(=O)[C@H]1CC=C[C@H]2SC.